The molecule has 0 amide bonds. The summed E-state index contributed by atoms with van der Waals surface area (Å²) in [5.74, 6) is 0.456. The van der Waals surface area contributed by atoms with Gasteiger partial charge in [0.2, 0.25) is 0 Å². The topological polar surface area (TPSA) is 146 Å². The lowest BCUT2D eigenvalue weighted by Crippen LogP contribution is -2.33. The molecular weight excluding hydrogens is 378 g/mol. The Kier molecular flexibility index (Phi) is 4.45. The van der Waals surface area contributed by atoms with Gasteiger partial charge in [0.05, 0.1) is 25.1 Å². The lowest BCUT2D eigenvalue weighted by molar-refractivity contribution is -0.0511. The molecule has 5 N–H and O–H groups in total. The number of aromatic nitrogens is 4. The number of hydrogen-bond donors (Lipinski definition) is 5. The van der Waals surface area contributed by atoms with Crippen molar-refractivity contribution in [1.29, 1.82) is 0 Å². The predicted octanol–water partition coefficient (Wildman–Crippen LogP) is -0.492. The Bertz CT molecular complexity index is 1040. The zero-order chi connectivity index (χ0) is 20.1. The van der Waals surface area contributed by atoms with Gasteiger partial charge in [-0.15, -0.1) is 0 Å². The second-order valence-electron chi connectivity index (χ2n) is 7.37. The van der Waals surface area contributed by atoms with Crippen molar-refractivity contribution in [3.63, 3.8) is 0 Å². The Labute approximate surface area is 165 Å². The number of nitrogens with zero attached hydrogens (tertiary/aromatic N) is 4. The molecular formula is C19H21N5O5. The fraction of sp³-hybridized carbons (Fsp3) is 0.421. The molecule has 10 heteroatoms. The summed E-state index contributed by atoms with van der Waals surface area (Å²) >= 11 is 0. The first kappa shape index (κ1) is 18.4. The maximum atomic E-state index is 10.6. The summed E-state index contributed by atoms with van der Waals surface area (Å²) in [7, 11) is 0. The molecule has 1 aliphatic carbocycles. The van der Waals surface area contributed by atoms with E-state index in [-0.39, 0.29) is 6.04 Å². The van der Waals surface area contributed by atoms with Crippen LogP contribution in [-0.4, -0.2) is 70.9 Å². The molecule has 152 valence electrons. The van der Waals surface area contributed by atoms with Gasteiger partial charge in [-0.25, -0.2) is 15.0 Å². The van der Waals surface area contributed by atoms with Crippen LogP contribution < -0.4 is 5.32 Å². The van der Waals surface area contributed by atoms with Crippen LogP contribution >= 0.6 is 0 Å². The Morgan fingerprint density at radius 3 is 2.69 bits per heavy atom. The third-order valence-electron chi connectivity index (χ3n) is 5.67. The minimum absolute atomic E-state index is 0.260. The highest BCUT2D eigenvalue weighted by molar-refractivity contribution is 5.83. The predicted molar refractivity (Wildman–Crippen MR) is 101 cm³/mol. The zero-order valence-electron chi connectivity index (χ0n) is 15.3. The van der Waals surface area contributed by atoms with Gasteiger partial charge < -0.3 is 30.5 Å². The van der Waals surface area contributed by atoms with Gasteiger partial charge in [-0.2, -0.15) is 0 Å². The van der Waals surface area contributed by atoms with E-state index in [1.807, 2.05) is 24.3 Å². The molecule has 10 nitrogen and oxygen atoms in total. The molecule has 3 heterocycles. The van der Waals surface area contributed by atoms with Crippen LogP contribution in [0.2, 0.25) is 0 Å². The van der Waals surface area contributed by atoms with E-state index in [1.54, 1.807) is 0 Å². The van der Waals surface area contributed by atoms with Crippen molar-refractivity contribution in [2.45, 2.75) is 43.1 Å². The maximum absolute atomic E-state index is 10.6. The van der Waals surface area contributed by atoms with Crippen LogP contribution in [0, 0.1) is 0 Å². The van der Waals surface area contributed by atoms with Crippen LogP contribution in [0.5, 0.6) is 0 Å². The molecule has 6 atom stereocenters. The molecule has 1 aliphatic heterocycles. The second-order valence-corrected chi connectivity index (χ2v) is 7.37. The van der Waals surface area contributed by atoms with E-state index < -0.39 is 37.3 Å². The van der Waals surface area contributed by atoms with Crippen molar-refractivity contribution in [3.8, 4) is 0 Å². The van der Waals surface area contributed by atoms with E-state index in [4.69, 9.17) is 4.74 Å². The molecule has 0 saturated carbocycles. The Balaban J connectivity index is 1.44. The molecule has 1 saturated heterocycles. The number of nitrogens with one attached hydrogen (secondary N) is 1. The van der Waals surface area contributed by atoms with Gasteiger partial charge in [0.1, 0.15) is 24.6 Å². The maximum Gasteiger partial charge on any atom is 0.167 e. The lowest BCUT2D eigenvalue weighted by atomic mass is 10.1. The summed E-state index contributed by atoms with van der Waals surface area (Å²) in [4.78, 5) is 12.9. The van der Waals surface area contributed by atoms with Gasteiger partial charge in [-0.1, -0.05) is 24.3 Å². The van der Waals surface area contributed by atoms with Crippen molar-refractivity contribution in [1.82, 2.24) is 19.5 Å². The minimum atomic E-state index is -1.23. The van der Waals surface area contributed by atoms with E-state index in [2.05, 4.69) is 20.3 Å². The molecule has 2 aromatic heterocycles. The fourth-order valence-electron chi connectivity index (χ4n) is 4.13. The van der Waals surface area contributed by atoms with Crippen LogP contribution in [-0.2, 0) is 11.2 Å². The van der Waals surface area contributed by atoms with Crippen molar-refractivity contribution < 1.29 is 25.2 Å². The number of rotatable bonds is 4. The van der Waals surface area contributed by atoms with Crippen LogP contribution in [0.25, 0.3) is 11.2 Å². The molecule has 29 heavy (non-hydrogen) atoms. The van der Waals surface area contributed by atoms with Crippen molar-refractivity contribution >= 4 is 17.0 Å². The molecule has 0 unspecified atom stereocenters. The Morgan fingerprint density at radius 1 is 1.10 bits per heavy atom. The number of fused-ring (bicyclic) bond motifs is 2. The summed E-state index contributed by atoms with van der Waals surface area (Å²) in [5.41, 5.74) is 2.84. The first-order chi connectivity index (χ1) is 14.1. The van der Waals surface area contributed by atoms with Crippen LogP contribution in [0.4, 0.5) is 5.82 Å². The molecule has 0 spiro atoms. The molecule has 2 aliphatic rings. The zero-order valence-corrected chi connectivity index (χ0v) is 15.3. The van der Waals surface area contributed by atoms with Gasteiger partial charge >= 0.3 is 0 Å². The third-order valence-corrected chi connectivity index (χ3v) is 5.67. The van der Waals surface area contributed by atoms with E-state index in [0.717, 1.165) is 11.1 Å². The van der Waals surface area contributed by atoms with E-state index in [9.17, 15) is 20.4 Å². The van der Waals surface area contributed by atoms with E-state index in [1.165, 1.54) is 17.2 Å². The summed E-state index contributed by atoms with van der Waals surface area (Å²) < 4.78 is 7.08. The average molecular weight is 399 g/mol. The third kappa shape index (κ3) is 2.88. The van der Waals surface area contributed by atoms with Crippen molar-refractivity contribution in [2.75, 3.05) is 11.9 Å². The number of anilines is 1. The quantitative estimate of drug-likeness (QED) is 0.392. The number of ether oxygens (including phenoxy) is 1. The van der Waals surface area contributed by atoms with Crippen LogP contribution in [0.1, 0.15) is 23.5 Å². The molecule has 1 aromatic carbocycles. The largest absolute Gasteiger partial charge is 0.394 e. The number of benzene rings is 1. The minimum Gasteiger partial charge on any atom is -0.394 e. The number of aliphatic hydroxyl groups is 4. The number of imidazole rings is 1. The van der Waals surface area contributed by atoms with Gasteiger partial charge in [-0.3, -0.25) is 4.57 Å². The van der Waals surface area contributed by atoms with Crippen LogP contribution in [0.15, 0.2) is 36.9 Å². The van der Waals surface area contributed by atoms with E-state index in [0.29, 0.717) is 23.4 Å². The summed E-state index contributed by atoms with van der Waals surface area (Å²) in [5, 5.41) is 43.5. The standard InChI is InChI=1S/C19H21N5O5/c25-6-12-15(27)16(28)19(29-12)24-8-22-13-17(20-7-21-18(13)24)23-11-5-9-3-1-2-4-10(9)14(11)26/h1-4,7-8,11-12,14-16,19,25-28H,5-6H2,(H,20,21,23)/t11-,12+,14+,15+,16+,19+/m0/s1. The molecule has 0 bridgehead atoms. The Hall–Kier alpha value is -2.63. The number of aliphatic hydroxyl groups excluding tert-OH is 4. The molecule has 1 fully saturated rings. The Morgan fingerprint density at radius 2 is 1.93 bits per heavy atom. The number of hydrogen-bond acceptors (Lipinski definition) is 9. The molecule has 5 rings (SSSR count). The SMILES string of the molecule is OC[C@H]1O[C@@H](n2cnc3c(N[C@H]4Cc5ccccc5[C@H]4O)ncnc32)[C@H](O)[C@@H]1O. The first-order valence-corrected chi connectivity index (χ1v) is 9.41. The molecule has 3 aromatic rings. The highest BCUT2D eigenvalue weighted by atomic mass is 16.6. The monoisotopic (exact) mass is 399 g/mol. The lowest BCUT2D eigenvalue weighted by Gasteiger charge is -2.18. The fourth-order valence-corrected chi connectivity index (χ4v) is 4.13. The smallest absolute Gasteiger partial charge is 0.167 e. The first-order valence-electron chi connectivity index (χ1n) is 9.41. The van der Waals surface area contributed by atoms with Crippen molar-refractivity contribution in [3.05, 3.63) is 48.0 Å². The van der Waals surface area contributed by atoms with Crippen LogP contribution in [0.3, 0.4) is 0 Å². The normalized spacial score (nSPS) is 31.3. The summed E-state index contributed by atoms with van der Waals surface area (Å²) in [6, 6.07) is 7.49. The van der Waals surface area contributed by atoms with Crippen molar-refractivity contribution in [2.24, 2.45) is 0 Å². The van der Waals surface area contributed by atoms with E-state index >= 15 is 0 Å². The summed E-state index contributed by atoms with van der Waals surface area (Å²) in [6.45, 7) is -0.413. The highest BCUT2D eigenvalue weighted by Crippen LogP contribution is 2.35. The second kappa shape index (κ2) is 7.01. The van der Waals surface area contributed by atoms with Gasteiger partial charge in [0, 0.05) is 0 Å². The van der Waals surface area contributed by atoms with Gasteiger partial charge in [0.25, 0.3) is 0 Å². The van der Waals surface area contributed by atoms with Gasteiger partial charge in [0.15, 0.2) is 23.2 Å². The molecule has 0 radical (unpaired) electrons. The summed E-state index contributed by atoms with van der Waals surface area (Å²) in [6.07, 6.45) is -1.48. The average Bonchev–Trinajstić information content (AvgIpc) is 3.38. The highest BCUT2D eigenvalue weighted by Gasteiger charge is 2.44. The van der Waals surface area contributed by atoms with Gasteiger partial charge in [-0.05, 0) is 17.5 Å².